The molecule has 0 radical (unpaired) electrons. The number of carbonyl (C=O) groups excluding carboxylic acids is 2. The van der Waals surface area contributed by atoms with E-state index in [-0.39, 0.29) is 17.9 Å². The molecule has 6 nitrogen and oxygen atoms in total. The van der Waals surface area contributed by atoms with E-state index in [4.69, 9.17) is 0 Å². The number of amides is 2. The van der Waals surface area contributed by atoms with Crippen LogP contribution in [0.15, 0.2) is 31.0 Å². The summed E-state index contributed by atoms with van der Waals surface area (Å²) in [5.41, 5.74) is 5.23. The molecule has 27 heavy (non-hydrogen) atoms. The monoisotopic (exact) mass is 368 g/mol. The van der Waals surface area contributed by atoms with Crippen LogP contribution in [0.25, 0.3) is 0 Å². The number of carbonyl (C=O) groups is 2. The number of rotatable bonds is 6. The van der Waals surface area contributed by atoms with Gasteiger partial charge in [0, 0.05) is 36.1 Å². The molecule has 0 spiro atoms. The summed E-state index contributed by atoms with van der Waals surface area (Å²) in [5, 5.41) is 7.38. The van der Waals surface area contributed by atoms with Gasteiger partial charge in [-0.2, -0.15) is 5.10 Å². The zero-order valence-electron chi connectivity index (χ0n) is 17.0. The fourth-order valence-electron chi connectivity index (χ4n) is 2.99. The lowest BCUT2D eigenvalue weighted by atomic mass is 10.1. The summed E-state index contributed by atoms with van der Waals surface area (Å²) in [4.78, 5) is 25.7. The molecule has 1 aromatic carbocycles. The van der Waals surface area contributed by atoms with Crippen molar-refractivity contribution >= 4 is 23.2 Å². The number of aromatic nitrogens is 2. The molecule has 0 unspecified atom stereocenters. The zero-order chi connectivity index (χ0) is 20.3. The molecule has 6 heteroatoms. The lowest BCUT2D eigenvalue weighted by Crippen LogP contribution is -2.29. The highest BCUT2D eigenvalue weighted by molar-refractivity contribution is 6.01. The molecular weight excluding hydrogens is 340 g/mol. The lowest BCUT2D eigenvalue weighted by Gasteiger charge is -2.23. The molecule has 0 aliphatic rings. The molecule has 0 saturated heterocycles. The second-order valence-corrected chi connectivity index (χ2v) is 7.08. The lowest BCUT2D eigenvalue weighted by molar-refractivity contribution is -0.115. The van der Waals surface area contributed by atoms with Crippen LogP contribution in [0.5, 0.6) is 0 Å². The van der Waals surface area contributed by atoms with Crippen molar-refractivity contribution in [2.24, 2.45) is 0 Å². The van der Waals surface area contributed by atoms with Crippen LogP contribution in [0.2, 0.25) is 0 Å². The average Bonchev–Trinajstić information content (AvgIpc) is 2.96. The fourth-order valence-corrected chi connectivity index (χ4v) is 2.99. The summed E-state index contributed by atoms with van der Waals surface area (Å²) in [7, 11) is 0. The highest BCUT2D eigenvalue weighted by atomic mass is 16.2. The first-order valence-corrected chi connectivity index (χ1v) is 9.01. The van der Waals surface area contributed by atoms with Gasteiger partial charge in [-0.25, -0.2) is 0 Å². The number of benzene rings is 1. The summed E-state index contributed by atoms with van der Waals surface area (Å²) in [6.45, 7) is 15.4. The van der Waals surface area contributed by atoms with Gasteiger partial charge in [0.1, 0.15) is 0 Å². The Balaban J connectivity index is 2.44. The number of nitrogens with zero attached hydrogens (tertiary/aromatic N) is 3. The van der Waals surface area contributed by atoms with Crippen LogP contribution in [0, 0.1) is 20.8 Å². The first kappa shape index (κ1) is 20.4. The smallest absolute Gasteiger partial charge is 0.250 e. The summed E-state index contributed by atoms with van der Waals surface area (Å²) >= 11 is 0. The first-order chi connectivity index (χ1) is 12.6. The van der Waals surface area contributed by atoms with Crippen LogP contribution in [0.4, 0.5) is 11.4 Å². The quantitative estimate of drug-likeness (QED) is 0.782. The predicted octanol–water partition coefficient (Wildman–Crippen LogP) is 4.07. The van der Waals surface area contributed by atoms with Gasteiger partial charge in [-0.15, -0.1) is 0 Å². The maximum atomic E-state index is 12.6. The van der Waals surface area contributed by atoms with Gasteiger partial charge < -0.3 is 10.2 Å². The number of hydrogen-bond donors (Lipinski definition) is 1. The molecular formula is C21H28N4O2. The second-order valence-electron chi connectivity index (χ2n) is 7.08. The SMILES string of the molecule is C=CC(=O)N(Cc1cn(C(C)C)nc1C)c1cc(C)c(NC(C)=O)c(C)c1. The van der Waals surface area contributed by atoms with Gasteiger partial charge in [0.05, 0.1) is 12.2 Å². The van der Waals surface area contributed by atoms with Crippen molar-refractivity contribution in [3.63, 3.8) is 0 Å². The van der Waals surface area contributed by atoms with Crippen molar-refractivity contribution in [2.45, 2.75) is 54.1 Å². The molecule has 0 aliphatic heterocycles. The van der Waals surface area contributed by atoms with Crippen LogP contribution in [-0.2, 0) is 16.1 Å². The van der Waals surface area contributed by atoms with E-state index in [2.05, 4.69) is 30.8 Å². The van der Waals surface area contributed by atoms with E-state index in [1.807, 2.05) is 43.8 Å². The van der Waals surface area contributed by atoms with Crippen LogP contribution in [0.3, 0.4) is 0 Å². The van der Waals surface area contributed by atoms with Crippen molar-refractivity contribution < 1.29 is 9.59 Å². The Labute approximate surface area is 160 Å². The minimum atomic E-state index is -0.183. The van der Waals surface area contributed by atoms with Crippen LogP contribution >= 0.6 is 0 Å². The van der Waals surface area contributed by atoms with Gasteiger partial charge in [-0.3, -0.25) is 14.3 Å². The Morgan fingerprint density at radius 2 is 1.85 bits per heavy atom. The molecule has 0 saturated carbocycles. The molecule has 1 aromatic heterocycles. The Bertz CT molecular complexity index is 857. The van der Waals surface area contributed by atoms with Crippen LogP contribution in [0.1, 0.15) is 49.2 Å². The van der Waals surface area contributed by atoms with Gasteiger partial charge in [0.15, 0.2) is 0 Å². The summed E-state index contributed by atoms with van der Waals surface area (Å²) < 4.78 is 1.90. The number of nitrogens with one attached hydrogen (secondary N) is 1. The molecule has 1 heterocycles. The molecule has 2 rings (SSSR count). The van der Waals surface area contributed by atoms with Crippen molar-refractivity contribution in [1.29, 1.82) is 0 Å². The molecule has 144 valence electrons. The highest BCUT2D eigenvalue weighted by Gasteiger charge is 2.19. The van der Waals surface area contributed by atoms with Crippen LogP contribution in [-0.4, -0.2) is 21.6 Å². The molecule has 2 amide bonds. The summed E-state index contributed by atoms with van der Waals surface area (Å²) in [6.07, 6.45) is 3.29. The topological polar surface area (TPSA) is 67.2 Å². The van der Waals surface area contributed by atoms with E-state index >= 15 is 0 Å². The van der Waals surface area contributed by atoms with E-state index in [0.717, 1.165) is 33.8 Å². The Hall–Kier alpha value is -2.89. The predicted molar refractivity (Wildman–Crippen MR) is 109 cm³/mol. The van der Waals surface area contributed by atoms with Crippen molar-refractivity contribution in [3.8, 4) is 0 Å². The Kier molecular flexibility index (Phi) is 6.20. The Morgan fingerprint density at radius 1 is 1.26 bits per heavy atom. The molecule has 0 aliphatic carbocycles. The second kappa shape index (κ2) is 8.20. The van der Waals surface area contributed by atoms with Gasteiger partial charge >= 0.3 is 0 Å². The fraction of sp³-hybridized carbons (Fsp3) is 0.381. The molecule has 1 N–H and O–H groups in total. The standard InChI is InChI=1S/C21H28N4O2/c1-8-20(27)24(11-18-12-25(13(2)3)23-16(18)6)19-9-14(4)21(15(5)10-19)22-17(7)26/h8-10,12-13H,1,11H2,2-7H3,(H,22,26). The average molecular weight is 368 g/mol. The maximum absolute atomic E-state index is 12.6. The van der Waals surface area contributed by atoms with Gasteiger partial charge in [-0.05, 0) is 64.0 Å². The van der Waals surface area contributed by atoms with E-state index in [0.29, 0.717) is 6.54 Å². The third kappa shape index (κ3) is 4.64. The largest absolute Gasteiger partial charge is 0.326 e. The summed E-state index contributed by atoms with van der Waals surface area (Å²) in [5.74, 6) is -0.303. The minimum Gasteiger partial charge on any atom is -0.326 e. The molecule has 0 fully saturated rings. The minimum absolute atomic E-state index is 0.121. The normalized spacial score (nSPS) is 10.8. The van der Waals surface area contributed by atoms with Gasteiger partial charge in [0.25, 0.3) is 5.91 Å². The number of hydrogen-bond acceptors (Lipinski definition) is 3. The summed E-state index contributed by atoms with van der Waals surface area (Å²) in [6, 6.07) is 4.06. The van der Waals surface area contributed by atoms with Crippen LogP contribution < -0.4 is 10.2 Å². The van der Waals surface area contributed by atoms with E-state index in [9.17, 15) is 9.59 Å². The van der Waals surface area contributed by atoms with E-state index in [1.54, 1.807) is 4.90 Å². The van der Waals surface area contributed by atoms with Gasteiger partial charge in [0.2, 0.25) is 5.91 Å². The maximum Gasteiger partial charge on any atom is 0.250 e. The third-order valence-corrected chi connectivity index (χ3v) is 4.45. The Morgan fingerprint density at radius 3 is 2.30 bits per heavy atom. The van der Waals surface area contributed by atoms with Crippen molar-refractivity contribution in [2.75, 3.05) is 10.2 Å². The van der Waals surface area contributed by atoms with E-state index < -0.39 is 0 Å². The first-order valence-electron chi connectivity index (χ1n) is 9.01. The molecule has 0 atom stereocenters. The van der Waals surface area contributed by atoms with Gasteiger partial charge in [-0.1, -0.05) is 6.58 Å². The number of aryl methyl sites for hydroxylation is 3. The highest BCUT2D eigenvalue weighted by Crippen LogP contribution is 2.29. The van der Waals surface area contributed by atoms with Crippen molar-refractivity contribution in [1.82, 2.24) is 9.78 Å². The molecule has 2 aromatic rings. The van der Waals surface area contributed by atoms with E-state index in [1.165, 1.54) is 13.0 Å². The third-order valence-electron chi connectivity index (χ3n) is 4.45. The molecule has 0 bridgehead atoms. The zero-order valence-corrected chi connectivity index (χ0v) is 17.0. The van der Waals surface area contributed by atoms with Crippen molar-refractivity contribution in [3.05, 3.63) is 53.4 Å². The number of anilines is 2.